The van der Waals surface area contributed by atoms with Gasteiger partial charge in [-0.1, -0.05) is 30.3 Å². The van der Waals surface area contributed by atoms with E-state index in [1.165, 1.54) is 42.7 Å². The number of carbonyl (C=O) groups excluding carboxylic acids is 1. The summed E-state index contributed by atoms with van der Waals surface area (Å²) in [6.45, 7) is 1.78. The van der Waals surface area contributed by atoms with Gasteiger partial charge in [0.1, 0.15) is 34.3 Å². The van der Waals surface area contributed by atoms with Gasteiger partial charge in [0, 0.05) is 5.69 Å². The third-order valence-electron chi connectivity index (χ3n) is 5.40. The molecule has 1 aromatic carbocycles. The fraction of sp³-hybridized carbons (Fsp3) is 0.120. The molecule has 0 saturated carbocycles. The van der Waals surface area contributed by atoms with Crippen molar-refractivity contribution >= 4 is 56.6 Å². The molecule has 4 rings (SSSR count). The molecule has 0 radical (unpaired) electrons. The number of nitriles is 2. The minimum atomic E-state index is -3.97. The molecule has 12 nitrogen and oxygen atoms in total. The molecule has 0 bridgehead atoms. The molecule has 3 aromatic heterocycles. The zero-order chi connectivity index (χ0) is 28.9. The van der Waals surface area contributed by atoms with E-state index in [0.717, 1.165) is 11.8 Å². The van der Waals surface area contributed by atoms with Gasteiger partial charge in [0.05, 0.1) is 27.5 Å². The number of nitrogens with one attached hydrogen (secondary N) is 2. The summed E-state index contributed by atoms with van der Waals surface area (Å²) in [5, 5.41) is 29.1. The number of halogens is 1. The summed E-state index contributed by atoms with van der Waals surface area (Å²) < 4.78 is 33.0. The Morgan fingerprint density at radius 1 is 1.12 bits per heavy atom. The SMILES string of the molecule is CCC(Sc1nc(N)c(C#N)c(-c2ccco2)c1C#N)C(=O)Nc1ccc(S(=O)(=O)Nc2ccc(Cl)nn2)cc1. The van der Waals surface area contributed by atoms with Gasteiger partial charge in [-0.2, -0.15) is 10.5 Å². The Labute approximate surface area is 238 Å². The van der Waals surface area contributed by atoms with E-state index in [0.29, 0.717) is 12.1 Å². The molecule has 0 spiro atoms. The second-order valence-corrected chi connectivity index (χ2v) is 11.3. The third kappa shape index (κ3) is 6.16. The van der Waals surface area contributed by atoms with Gasteiger partial charge in [-0.25, -0.2) is 13.4 Å². The molecule has 1 amide bonds. The number of anilines is 3. The number of rotatable bonds is 9. The molecule has 1 unspecified atom stereocenters. The summed E-state index contributed by atoms with van der Waals surface area (Å²) in [7, 11) is -3.97. The standard InChI is InChI=1S/C25H19ClN8O4S2/c1-2-19(39-25-17(13-28)22(18-4-3-11-38-18)16(12-27)23(29)31-25)24(35)30-14-5-7-15(8-6-14)40(36,37)34-21-10-9-20(26)32-33-21/h3-11,19H,2H2,1H3,(H2,29,31)(H,30,35)(H,33,34). The Hall–Kier alpha value is -4.63. The first-order valence-electron chi connectivity index (χ1n) is 11.4. The summed E-state index contributed by atoms with van der Waals surface area (Å²) in [6.07, 6.45) is 1.76. The molecule has 202 valence electrons. The van der Waals surface area contributed by atoms with E-state index in [1.54, 1.807) is 19.1 Å². The number of thioether (sulfide) groups is 1. The van der Waals surface area contributed by atoms with E-state index in [2.05, 4.69) is 31.3 Å². The minimum Gasteiger partial charge on any atom is -0.464 e. The lowest BCUT2D eigenvalue weighted by Gasteiger charge is -2.17. The van der Waals surface area contributed by atoms with Crippen molar-refractivity contribution in [2.75, 3.05) is 15.8 Å². The van der Waals surface area contributed by atoms with Crippen LogP contribution in [0.5, 0.6) is 0 Å². The first-order chi connectivity index (χ1) is 19.2. The van der Waals surface area contributed by atoms with Crippen LogP contribution >= 0.6 is 23.4 Å². The Balaban J connectivity index is 1.53. The highest BCUT2D eigenvalue weighted by Crippen LogP contribution is 2.38. The average Bonchev–Trinajstić information content (AvgIpc) is 3.47. The smallest absolute Gasteiger partial charge is 0.263 e. The highest BCUT2D eigenvalue weighted by Gasteiger charge is 2.26. The molecule has 4 aromatic rings. The molecule has 0 fully saturated rings. The fourth-order valence-electron chi connectivity index (χ4n) is 3.51. The van der Waals surface area contributed by atoms with Gasteiger partial charge >= 0.3 is 0 Å². The normalized spacial score (nSPS) is 11.7. The van der Waals surface area contributed by atoms with Crippen molar-refractivity contribution in [3.05, 3.63) is 71.1 Å². The second kappa shape index (κ2) is 12.0. The van der Waals surface area contributed by atoms with Crippen molar-refractivity contribution < 1.29 is 17.6 Å². The van der Waals surface area contributed by atoms with Crippen LogP contribution in [0, 0.1) is 22.7 Å². The Morgan fingerprint density at radius 2 is 1.85 bits per heavy atom. The van der Waals surface area contributed by atoms with Crippen LogP contribution in [0.25, 0.3) is 11.3 Å². The van der Waals surface area contributed by atoms with Crippen molar-refractivity contribution in [3.8, 4) is 23.5 Å². The Bertz CT molecular complexity index is 1730. The van der Waals surface area contributed by atoms with E-state index in [-0.39, 0.29) is 49.2 Å². The molecular weight excluding hydrogens is 576 g/mol. The van der Waals surface area contributed by atoms with Gasteiger partial charge < -0.3 is 15.5 Å². The van der Waals surface area contributed by atoms with E-state index in [9.17, 15) is 23.7 Å². The lowest BCUT2D eigenvalue weighted by Crippen LogP contribution is -2.25. The zero-order valence-corrected chi connectivity index (χ0v) is 23.0. The van der Waals surface area contributed by atoms with Crippen molar-refractivity contribution in [1.29, 1.82) is 10.5 Å². The van der Waals surface area contributed by atoms with Gasteiger partial charge in [-0.3, -0.25) is 9.52 Å². The lowest BCUT2D eigenvalue weighted by atomic mass is 10.0. The predicted octanol–water partition coefficient (Wildman–Crippen LogP) is 4.42. The van der Waals surface area contributed by atoms with E-state index in [1.807, 2.05) is 6.07 Å². The van der Waals surface area contributed by atoms with Crippen LogP contribution in [-0.2, 0) is 14.8 Å². The number of hydrogen-bond acceptors (Lipinski definition) is 11. The summed E-state index contributed by atoms with van der Waals surface area (Å²) in [4.78, 5) is 17.3. The maximum absolute atomic E-state index is 13.1. The lowest BCUT2D eigenvalue weighted by molar-refractivity contribution is -0.115. The highest BCUT2D eigenvalue weighted by molar-refractivity contribution is 8.00. The Morgan fingerprint density at radius 3 is 2.42 bits per heavy atom. The molecule has 0 aliphatic carbocycles. The summed E-state index contributed by atoms with van der Waals surface area (Å²) in [5.41, 5.74) is 6.63. The number of furan rings is 1. The molecule has 0 aliphatic heterocycles. The van der Waals surface area contributed by atoms with Crippen molar-refractivity contribution in [2.45, 2.75) is 28.5 Å². The largest absolute Gasteiger partial charge is 0.464 e. The molecule has 1 atom stereocenters. The number of pyridine rings is 1. The second-order valence-electron chi connectivity index (χ2n) is 8.00. The molecule has 0 aliphatic rings. The first-order valence-corrected chi connectivity index (χ1v) is 14.2. The topological polar surface area (TPSA) is 201 Å². The molecule has 3 heterocycles. The molecule has 40 heavy (non-hydrogen) atoms. The van der Waals surface area contributed by atoms with Crippen LogP contribution in [0.3, 0.4) is 0 Å². The van der Waals surface area contributed by atoms with Crippen molar-refractivity contribution in [1.82, 2.24) is 15.2 Å². The van der Waals surface area contributed by atoms with Crippen LogP contribution in [0.4, 0.5) is 17.3 Å². The number of nitrogen functional groups attached to an aromatic ring is 1. The van der Waals surface area contributed by atoms with Crippen LogP contribution < -0.4 is 15.8 Å². The number of amides is 1. The van der Waals surface area contributed by atoms with E-state index < -0.39 is 21.2 Å². The van der Waals surface area contributed by atoms with Crippen LogP contribution in [0.2, 0.25) is 5.15 Å². The molecule has 15 heteroatoms. The maximum atomic E-state index is 13.1. The monoisotopic (exact) mass is 594 g/mol. The maximum Gasteiger partial charge on any atom is 0.263 e. The molecule has 4 N–H and O–H groups in total. The summed E-state index contributed by atoms with van der Waals surface area (Å²) in [5.74, 6) is -0.241. The first kappa shape index (κ1) is 28.4. The number of benzene rings is 1. The van der Waals surface area contributed by atoms with Crippen LogP contribution in [-0.4, -0.2) is 34.8 Å². The van der Waals surface area contributed by atoms with Gasteiger partial charge in [0.25, 0.3) is 10.0 Å². The van der Waals surface area contributed by atoms with Gasteiger partial charge in [-0.05, 0) is 55.0 Å². The van der Waals surface area contributed by atoms with Crippen LogP contribution in [0.1, 0.15) is 24.5 Å². The van der Waals surface area contributed by atoms with Crippen molar-refractivity contribution in [2.24, 2.45) is 0 Å². The number of carbonyl (C=O) groups is 1. The van der Waals surface area contributed by atoms with Gasteiger partial charge in [0.2, 0.25) is 5.91 Å². The van der Waals surface area contributed by atoms with Gasteiger partial charge in [0.15, 0.2) is 11.0 Å². The third-order valence-corrected chi connectivity index (χ3v) is 8.33. The number of sulfonamides is 1. The molecular formula is C25H19ClN8O4S2. The highest BCUT2D eigenvalue weighted by atomic mass is 35.5. The number of nitrogens with zero attached hydrogens (tertiary/aromatic N) is 5. The van der Waals surface area contributed by atoms with Gasteiger partial charge in [-0.15, -0.1) is 10.2 Å². The average molecular weight is 595 g/mol. The number of nitrogens with two attached hydrogens (primary N) is 1. The minimum absolute atomic E-state index is 0.000915. The van der Waals surface area contributed by atoms with Crippen LogP contribution in [0.15, 0.2) is 69.1 Å². The Kier molecular flexibility index (Phi) is 8.55. The van der Waals surface area contributed by atoms with E-state index in [4.69, 9.17) is 21.8 Å². The fourth-order valence-corrected chi connectivity index (χ4v) is 5.63. The summed E-state index contributed by atoms with van der Waals surface area (Å²) >= 11 is 6.69. The summed E-state index contributed by atoms with van der Waals surface area (Å²) in [6, 6.07) is 15.5. The van der Waals surface area contributed by atoms with Crippen molar-refractivity contribution in [3.63, 3.8) is 0 Å². The zero-order valence-electron chi connectivity index (χ0n) is 20.6. The quantitative estimate of drug-likeness (QED) is 0.231. The number of hydrogen-bond donors (Lipinski definition) is 3. The predicted molar refractivity (Wildman–Crippen MR) is 149 cm³/mol. The molecule has 0 saturated heterocycles. The van der Waals surface area contributed by atoms with E-state index >= 15 is 0 Å². The number of aromatic nitrogens is 3.